The van der Waals surface area contributed by atoms with E-state index in [0.29, 0.717) is 11.3 Å². The van der Waals surface area contributed by atoms with Crippen molar-refractivity contribution >= 4 is 5.91 Å². The molecule has 26 heavy (non-hydrogen) atoms. The summed E-state index contributed by atoms with van der Waals surface area (Å²) in [5, 5.41) is 10.4. The van der Waals surface area contributed by atoms with Crippen molar-refractivity contribution in [3.05, 3.63) is 89.5 Å². The zero-order valence-electron chi connectivity index (χ0n) is 13.9. The number of aromatic hydroxyl groups is 1. The number of hydrogen-bond donors (Lipinski definition) is 2. The quantitative estimate of drug-likeness (QED) is 0.760. The van der Waals surface area contributed by atoms with Gasteiger partial charge in [0.1, 0.15) is 0 Å². The van der Waals surface area contributed by atoms with E-state index in [1.54, 1.807) is 6.07 Å². The molecule has 130 valence electrons. The Balaban J connectivity index is 1.85. The van der Waals surface area contributed by atoms with E-state index in [1.807, 2.05) is 60.7 Å². The Morgan fingerprint density at radius 3 is 2.04 bits per heavy atom. The fourth-order valence-electron chi connectivity index (χ4n) is 3.16. The molecular formula is C21H17NO4. The number of amides is 1. The first kappa shape index (κ1) is 16.0. The molecule has 0 bridgehead atoms. The first-order chi connectivity index (χ1) is 12.6. The van der Waals surface area contributed by atoms with Crippen LogP contribution in [0.2, 0.25) is 0 Å². The maximum Gasteiger partial charge on any atom is 0.305 e. The Labute approximate surface area is 150 Å². The molecule has 1 heterocycles. The van der Waals surface area contributed by atoms with Crippen molar-refractivity contribution in [1.29, 1.82) is 0 Å². The van der Waals surface area contributed by atoms with Crippen LogP contribution in [0.3, 0.4) is 0 Å². The topological polar surface area (TPSA) is 81.8 Å². The second kappa shape index (κ2) is 6.11. The van der Waals surface area contributed by atoms with Crippen LogP contribution in [0.5, 0.6) is 17.2 Å². The molecule has 5 heteroatoms. The van der Waals surface area contributed by atoms with Crippen molar-refractivity contribution in [2.45, 2.75) is 12.2 Å². The number of fused-ring (bicyclic) bond motifs is 1. The zero-order valence-corrected chi connectivity index (χ0v) is 13.9. The Kier molecular flexibility index (Phi) is 3.77. The van der Waals surface area contributed by atoms with Crippen LogP contribution in [0.15, 0.2) is 72.8 Å². The van der Waals surface area contributed by atoms with E-state index >= 15 is 0 Å². The molecule has 1 amide bonds. The normalized spacial score (nSPS) is 14.2. The van der Waals surface area contributed by atoms with E-state index in [-0.39, 0.29) is 17.9 Å². The van der Waals surface area contributed by atoms with Gasteiger partial charge in [-0.1, -0.05) is 60.7 Å². The summed E-state index contributed by atoms with van der Waals surface area (Å²) in [6.07, 6.45) is 0.00781. The van der Waals surface area contributed by atoms with Gasteiger partial charge < -0.3 is 20.3 Å². The Bertz CT molecular complexity index is 915. The molecule has 1 aliphatic rings. The van der Waals surface area contributed by atoms with Crippen LogP contribution >= 0.6 is 0 Å². The average molecular weight is 347 g/mol. The maximum atomic E-state index is 11.2. The lowest BCUT2D eigenvalue weighted by molar-refractivity contribution is -0.117. The Hall–Kier alpha value is -3.47. The van der Waals surface area contributed by atoms with Gasteiger partial charge in [-0.3, -0.25) is 4.79 Å². The first-order valence-corrected chi connectivity index (χ1v) is 8.22. The largest absolute Gasteiger partial charge is 0.504 e. The third-order valence-electron chi connectivity index (χ3n) is 4.28. The summed E-state index contributed by atoms with van der Waals surface area (Å²) in [4.78, 5) is 11.2. The maximum absolute atomic E-state index is 11.2. The van der Waals surface area contributed by atoms with Crippen LogP contribution in [0.1, 0.15) is 16.7 Å². The zero-order chi connectivity index (χ0) is 18.1. The molecule has 1 aliphatic heterocycles. The number of carbonyl (C=O) groups excluding carboxylic acids is 1. The molecular weight excluding hydrogens is 330 g/mol. The number of phenolic OH excluding ortho intramolecular Hbond substituents is 1. The molecule has 0 radical (unpaired) electrons. The van der Waals surface area contributed by atoms with E-state index in [1.165, 1.54) is 6.07 Å². The van der Waals surface area contributed by atoms with Crippen molar-refractivity contribution in [2.75, 3.05) is 0 Å². The Morgan fingerprint density at radius 1 is 0.923 bits per heavy atom. The van der Waals surface area contributed by atoms with Crippen LogP contribution < -0.4 is 15.2 Å². The minimum absolute atomic E-state index is 0.00781. The molecule has 0 aliphatic carbocycles. The highest BCUT2D eigenvalue weighted by Crippen LogP contribution is 2.52. The molecule has 0 spiro atoms. The van der Waals surface area contributed by atoms with Crippen molar-refractivity contribution in [3.63, 3.8) is 0 Å². The standard InChI is InChI=1S/C21H17NO4/c22-19(24)13-14-11-17(23)20-18(12-14)25-21(26-20,15-7-3-1-4-8-15)16-9-5-2-6-10-16/h1-12,23H,13H2,(H2,22,24). The van der Waals surface area contributed by atoms with Gasteiger partial charge in [-0.2, -0.15) is 0 Å². The average Bonchev–Trinajstić information content (AvgIpc) is 3.04. The first-order valence-electron chi connectivity index (χ1n) is 8.22. The summed E-state index contributed by atoms with van der Waals surface area (Å²) in [5.41, 5.74) is 7.41. The van der Waals surface area contributed by atoms with Gasteiger partial charge in [0.2, 0.25) is 11.7 Å². The summed E-state index contributed by atoms with van der Waals surface area (Å²) in [5.74, 6) is -1.18. The van der Waals surface area contributed by atoms with E-state index < -0.39 is 11.7 Å². The smallest absolute Gasteiger partial charge is 0.305 e. The van der Waals surface area contributed by atoms with E-state index in [4.69, 9.17) is 15.2 Å². The number of hydrogen-bond acceptors (Lipinski definition) is 4. The van der Waals surface area contributed by atoms with Gasteiger partial charge in [0.05, 0.1) is 6.42 Å². The van der Waals surface area contributed by atoms with Gasteiger partial charge in [0, 0.05) is 11.1 Å². The SMILES string of the molecule is NC(=O)Cc1cc(O)c2c(c1)OC(c1ccccc1)(c1ccccc1)O2. The highest BCUT2D eigenvalue weighted by Gasteiger charge is 2.46. The predicted molar refractivity (Wildman–Crippen MR) is 95.9 cm³/mol. The van der Waals surface area contributed by atoms with Crippen molar-refractivity contribution in [1.82, 2.24) is 0 Å². The predicted octanol–water partition coefficient (Wildman–Crippen LogP) is 3.09. The highest BCUT2D eigenvalue weighted by molar-refractivity contribution is 5.77. The number of nitrogens with two attached hydrogens (primary N) is 1. The summed E-state index contributed by atoms with van der Waals surface area (Å²) >= 11 is 0. The van der Waals surface area contributed by atoms with E-state index in [0.717, 1.165) is 11.1 Å². The number of rotatable bonds is 4. The van der Waals surface area contributed by atoms with Crippen molar-refractivity contribution in [2.24, 2.45) is 5.73 Å². The van der Waals surface area contributed by atoms with Crippen LogP contribution in [0.4, 0.5) is 0 Å². The lowest BCUT2D eigenvalue weighted by Gasteiger charge is -2.28. The molecule has 0 atom stereocenters. The van der Waals surface area contributed by atoms with Crippen LogP contribution in [0, 0.1) is 0 Å². The number of phenols is 1. The number of benzene rings is 3. The Morgan fingerprint density at radius 2 is 1.50 bits per heavy atom. The summed E-state index contributed by atoms with van der Waals surface area (Å²) in [6, 6.07) is 22.2. The molecule has 4 rings (SSSR count). The summed E-state index contributed by atoms with van der Waals surface area (Å²) in [6.45, 7) is 0. The number of primary amides is 1. The van der Waals surface area contributed by atoms with Crippen molar-refractivity contribution in [3.8, 4) is 17.2 Å². The fraction of sp³-hybridized carbons (Fsp3) is 0.0952. The van der Waals surface area contributed by atoms with Crippen LogP contribution in [0.25, 0.3) is 0 Å². The van der Waals surface area contributed by atoms with Gasteiger partial charge in [0.15, 0.2) is 11.5 Å². The summed E-state index contributed by atoms with van der Waals surface area (Å²) < 4.78 is 12.4. The molecule has 0 fully saturated rings. The van der Waals surface area contributed by atoms with Gasteiger partial charge in [0.25, 0.3) is 0 Å². The molecule has 3 aromatic carbocycles. The van der Waals surface area contributed by atoms with E-state index in [9.17, 15) is 9.90 Å². The van der Waals surface area contributed by atoms with Gasteiger partial charge in [-0.05, 0) is 17.7 Å². The lowest BCUT2D eigenvalue weighted by Crippen LogP contribution is -2.36. The van der Waals surface area contributed by atoms with Crippen LogP contribution in [-0.2, 0) is 17.0 Å². The van der Waals surface area contributed by atoms with Gasteiger partial charge in [-0.15, -0.1) is 0 Å². The van der Waals surface area contributed by atoms with Gasteiger partial charge >= 0.3 is 5.79 Å². The fourth-order valence-corrected chi connectivity index (χ4v) is 3.16. The molecule has 0 aromatic heterocycles. The molecule has 0 unspecified atom stereocenters. The minimum atomic E-state index is -1.21. The highest BCUT2D eigenvalue weighted by atomic mass is 16.7. The second-order valence-electron chi connectivity index (χ2n) is 6.14. The molecule has 0 saturated carbocycles. The monoisotopic (exact) mass is 347 g/mol. The third-order valence-corrected chi connectivity index (χ3v) is 4.28. The lowest BCUT2D eigenvalue weighted by atomic mass is 9.97. The number of ether oxygens (including phenoxy) is 2. The molecule has 3 N–H and O–H groups in total. The molecule has 5 nitrogen and oxygen atoms in total. The minimum Gasteiger partial charge on any atom is -0.504 e. The third kappa shape index (κ3) is 2.63. The molecule has 3 aromatic rings. The van der Waals surface area contributed by atoms with E-state index in [2.05, 4.69) is 0 Å². The van der Waals surface area contributed by atoms with Gasteiger partial charge in [-0.25, -0.2) is 0 Å². The molecule has 0 saturated heterocycles. The number of carbonyl (C=O) groups is 1. The van der Waals surface area contributed by atoms with Crippen molar-refractivity contribution < 1.29 is 19.4 Å². The summed E-state index contributed by atoms with van der Waals surface area (Å²) in [7, 11) is 0. The van der Waals surface area contributed by atoms with Crippen LogP contribution in [-0.4, -0.2) is 11.0 Å². The second-order valence-corrected chi connectivity index (χ2v) is 6.14.